The Morgan fingerprint density at radius 3 is 2.41 bits per heavy atom. The Kier molecular flexibility index (Phi) is 5.59. The van der Waals surface area contributed by atoms with Crippen LogP contribution in [0.2, 0.25) is 0 Å². The van der Waals surface area contributed by atoms with Gasteiger partial charge in [-0.2, -0.15) is 11.8 Å². The van der Waals surface area contributed by atoms with Gasteiger partial charge in [0.15, 0.2) is 0 Å². The van der Waals surface area contributed by atoms with E-state index in [0.29, 0.717) is 5.75 Å². The minimum Gasteiger partial charge on any atom is -0.419 e. The molecule has 1 unspecified atom stereocenters. The smallest absolute Gasteiger partial charge is 0.412 e. The van der Waals surface area contributed by atoms with E-state index in [4.69, 9.17) is 9.47 Å². The summed E-state index contributed by atoms with van der Waals surface area (Å²) in [4.78, 5) is 13.6. The molecule has 1 heterocycles. The van der Waals surface area contributed by atoms with E-state index in [2.05, 4.69) is 0 Å². The molecule has 1 atom stereocenters. The number of amides is 1. The first-order chi connectivity index (χ1) is 7.92. The third kappa shape index (κ3) is 5.64. The summed E-state index contributed by atoms with van der Waals surface area (Å²) in [5.74, 6) is 0.664. The first kappa shape index (κ1) is 14.6. The Labute approximate surface area is 108 Å². The number of ether oxygens (including phenoxy) is 2. The highest BCUT2D eigenvalue weighted by Crippen LogP contribution is 2.17. The summed E-state index contributed by atoms with van der Waals surface area (Å²) < 4.78 is 11.1. The highest BCUT2D eigenvalue weighted by atomic mass is 32.2. The maximum Gasteiger partial charge on any atom is 0.412 e. The molecular formula is C12H23NO3S. The average molecular weight is 261 g/mol. The zero-order chi connectivity index (χ0) is 12.9. The molecule has 0 aromatic rings. The van der Waals surface area contributed by atoms with Crippen LogP contribution in [0.1, 0.15) is 33.6 Å². The van der Waals surface area contributed by atoms with Gasteiger partial charge in [0, 0.05) is 13.1 Å². The van der Waals surface area contributed by atoms with Crippen LogP contribution >= 0.6 is 11.8 Å². The number of carbonyl (C=O) groups is 1. The van der Waals surface area contributed by atoms with Gasteiger partial charge >= 0.3 is 6.09 Å². The number of hydrogen-bond donors (Lipinski definition) is 0. The molecule has 5 heteroatoms. The van der Waals surface area contributed by atoms with Crippen LogP contribution < -0.4 is 0 Å². The molecule has 0 bridgehead atoms. The number of likely N-dealkylation sites (tertiary alicyclic amines) is 1. The summed E-state index contributed by atoms with van der Waals surface area (Å²) in [6, 6.07) is 0. The number of carbonyl (C=O) groups excluding carboxylic acids is 1. The zero-order valence-electron chi connectivity index (χ0n) is 11.2. The van der Waals surface area contributed by atoms with Crippen LogP contribution in [0.25, 0.3) is 0 Å². The molecule has 1 fully saturated rings. The quantitative estimate of drug-likeness (QED) is 0.729. The molecule has 0 radical (unpaired) electrons. The molecule has 0 aliphatic carbocycles. The first-order valence-corrected chi connectivity index (χ1v) is 7.44. The van der Waals surface area contributed by atoms with E-state index in [1.54, 1.807) is 16.7 Å². The summed E-state index contributed by atoms with van der Waals surface area (Å²) in [5.41, 5.74) is -0.300. The summed E-state index contributed by atoms with van der Waals surface area (Å²) in [6.07, 6.45) is 3.41. The molecule has 0 spiro atoms. The molecule has 0 saturated carbocycles. The highest BCUT2D eigenvalue weighted by molar-refractivity contribution is 7.98. The third-order valence-corrected chi connectivity index (χ3v) is 2.99. The van der Waals surface area contributed by atoms with E-state index in [0.717, 1.165) is 25.9 Å². The van der Waals surface area contributed by atoms with Crippen molar-refractivity contribution in [2.24, 2.45) is 0 Å². The normalized spacial score (nSPS) is 18.2. The standard InChI is InChI=1S/C12H23NO3S/c1-12(2,3)16-10(9-17-4)15-11(14)13-7-5-6-8-13/h10H,5-9H2,1-4H3. The van der Waals surface area contributed by atoms with Crippen LogP contribution in [-0.4, -0.2) is 48.0 Å². The van der Waals surface area contributed by atoms with Crippen molar-refractivity contribution in [3.63, 3.8) is 0 Å². The minimum absolute atomic E-state index is 0.245. The summed E-state index contributed by atoms with van der Waals surface area (Å²) >= 11 is 1.61. The van der Waals surface area contributed by atoms with Crippen LogP contribution in [0.15, 0.2) is 0 Å². The van der Waals surface area contributed by atoms with E-state index in [1.807, 2.05) is 27.0 Å². The largest absolute Gasteiger partial charge is 0.419 e. The van der Waals surface area contributed by atoms with Crippen molar-refractivity contribution in [3.8, 4) is 0 Å². The van der Waals surface area contributed by atoms with Gasteiger partial charge in [-0.15, -0.1) is 0 Å². The van der Waals surface area contributed by atoms with Crippen molar-refractivity contribution in [3.05, 3.63) is 0 Å². The maximum absolute atomic E-state index is 11.8. The molecule has 1 amide bonds. The lowest BCUT2D eigenvalue weighted by molar-refractivity contribution is -0.157. The van der Waals surface area contributed by atoms with Gasteiger partial charge in [0.2, 0.25) is 6.29 Å². The van der Waals surface area contributed by atoms with Crippen LogP contribution in [-0.2, 0) is 9.47 Å². The minimum atomic E-state index is -0.460. The zero-order valence-corrected chi connectivity index (χ0v) is 12.0. The second-order valence-electron chi connectivity index (χ2n) is 5.19. The van der Waals surface area contributed by atoms with Crippen molar-refractivity contribution in [1.29, 1.82) is 0 Å². The second kappa shape index (κ2) is 6.50. The summed E-state index contributed by atoms with van der Waals surface area (Å²) in [5, 5.41) is 0. The molecule has 0 N–H and O–H groups in total. The fourth-order valence-electron chi connectivity index (χ4n) is 1.71. The SMILES string of the molecule is CSCC(OC(=O)N1CCCC1)OC(C)(C)C. The lowest BCUT2D eigenvalue weighted by Crippen LogP contribution is -2.37. The topological polar surface area (TPSA) is 38.8 Å². The highest BCUT2D eigenvalue weighted by Gasteiger charge is 2.26. The molecule has 100 valence electrons. The Hall–Kier alpha value is -0.420. The van der Waals surface area contributed by atoms with E-state index in [9.17, 15) is 4.79 Å². The lowest BCUT2D eigenvalue weighted by Gasteiger charge is -2.28. The van der Waals surface area contributed by atoms with E-state index < -0.39 is 6.29 Å². The van der Waals surface area contributed by atoms with Crippen molar-refractivity contribution in [1.82, 2.24) is 4.90 Å². The Bertz CT molecular complexity index is 247. The van der Waals surface area contributed by atoms with Crippen molar-refractivity contribution >= 4 is 17.9 Å². The molecule has 1 rings (SSSR count). The number of rotatable bonds is 4. The van der Waals surface area contributed by atoms with Crippen LogP contribution in [0.5, 0.6) is 0 Å². The average Bonchev–Trinajstić information content (AvgIpc) is 2.67. The predicted molar refractivity (Wildman–Crippen MR) is 70.3 cm³/mol. The number of thioether (sulfide) groups is 1. The predicted octanol–water partition coefficient (Wildman–Crippen LogP) is 2.72. The summed E-state index contributed by atoms with van der Waals surface area (Å²) in [7, 11) is 0. The van der Waals surface area contributed by atoms with Gasteiger partial charge in [0.1, 0.15) is 0 Å². The van der Waals surface area contributed by atoms with Gasteiger partial charge in [-0.25, -0.2) is 4.79 Å². The van der Waals surface area contributed by atoms with Gasteiger partial charge in [-0.05, 0) is 39.9 Å². The monoisotopic (exact) mass is 261 g/mol. The Balaban J connectivity index is 2.44. The first-order valence-electron chi connectivity index (χ1n) is 6.05. The maximum atomic E-state index is 11.8. The molecular weight excluding hydrogens is 238 g/mol. The Morgan fingerprint density at radius 2 is 1.94 bits per heavy atom. The van der Waals surface area contributed by atoms with E-state index in [1.165, 1.54) is 0 Å². The second-order valence-corrected chi connectivity index (χ2v) is 6.10. The van der Waals surface area contributed by atoms with Gasteiger partial charge in [0.05, 0.1) is 11.4 Å². The third-order valence-electron chi connectivity index (χ3n) is 2.38. The van der Waals surface area contributed by atoms with E-state index in [-0.39, 0.29) is 11.7 Å². The van der Waals surface area contributed by atoms with Crippen molar-refractivity contribution in [2.75, 3.05) is 25.1 Å². The molecule has 1 aliphatic rings. The molecule has 1 aliphatic heterocycles. The van der Waals surface area contributed by atoms with E-state index >= 15 is 0 Å². The van der Waals surface area contributed by atoms with Crippen LogP contribution in [0.4, 0.5) is 4.79 Å². The lowest BCUT2D eigenvalue weighted by atomic mass is 10.2. The van der Waals surface area contributed by atoms with Gasteiger partial charge in [0.25, 0.3) is 0 Å². The molecule has 0 aromatic carbocycles. The molecule has 0 aromatic heterocycles. The van der Waals surface area contributed by atoms with Crippen LogP contribution in [0, 0.1) is 0 Å². The fraction of sp³-hybridized carbons (Fsp3) is 0.917. The Morgan fingerprint density at radius 1 is 1.35 bits per heavy atom. The molecule has 1 saturated heterocycles. The van der Waals surface area contributed by atoms with Gasteiger partial charge < -0.3 is 14.4 Å². The molecule has 17 heavy (non-hydrogen) atoms. The van der Waals surface area contributed by atoms with Crippen molar-refractivity contribution < 1.29 is 14.3 Å². The number of nitrogens with zero attached hydrogens (tertiary/aromatic N) is 1. The number of hydrogen-bond acceptors (Lipinski definition) is 4. The van der Waals surface area contributed by atoms with Gasteiger partial charge in [-0.1, -0.05) is 0 Å². The molecule has 4 nitrogen and oxygen atoms in total. The fourth-order valence-corrected chi connectivity index (χ4v) is 2.12. The van der Waals surface area contributed by atoms with Crippen LogP contribution in [0.3, 0.4) is 0 Å². The summed E-state index contributed by atoms with van der Waals surface area (Å²) in [6.45, 7) is 7.50. The van der Waals surface area contributed by atoms with Gasteiger partial charge in [-0.3, -0.25) is 0 Å². The van der Waals surface area contributed by atoms with Crippen molar-refractivity contribution in [2.45, 2.75) is 45.5 Å².